The third-order valence-corrected chi connectivity index (χ3v) is 10.4. The van der Waals surface area contributed by atoms with Crippen molar-refractivity contribution >= 4 is 35.0 Å². The number of nitrogens with zero attached hydrogens (tertiary/aromatic N) is 1. The highest BCUT2D eigenvalue weighted by Gasteiger charge is 2.33. The van der Waals surface area contributed by atoms with Crippen LogP contribution < -0.4 is 25.4 Å². The summed E-state index contributed by atoms with van der Waals surface area (Å²) in [6, 6.07) is 34.5. The molecule has 0 amide bonds. The number of esters is 1. The lowest BCUT2D eigenvalue weighted by Crippen LogP contribution is -2.26. The van der Waals surface area contributed by atoms with E-state index in [0.29, 0.717) is 5.75 Å². The topological polar surface area (TPSA) is 57.1 Å². The maximum absolute atomic E-state index is 13.4. The number of hydrogen-bond donors (Lipinski definition) is 0. The van der Waals surface area contributed by atoms with Crippen molar-refractivity contribution in [3.05, 3.63) is 120 Å². The van der Waals surface area contributed by atoms with Crippen molar-refractivity contribution in [2.24, 2.45) is 4.74 Å². The summed E-state index contributed by atoms with van der Waals surface area (Å²) in [5.41, 5.74) is 1.73. The summed E-state index contributed by atoms with van der Waals surface area (Å²) < 4.78 is 22.5. The molecule has 0 aliphatic carbocycles. The first-order valence-electron chi connectivity index (χ1n) is 12.9. The van der Waals surface area contributed by atoms with Gasteiger partial charge in [0.25, 0.3) is 0 Å². The average Bonchev–Trinajstić information content (AvgIpc) is 3.29. The molecule has 1 heterocycles. The Kier molecular flexibility index (Phi) is 7.45. The Balaban J connectivity index is 1.82. The predicted octanol–water partition coefficient (Wildman–Crippen LogP) is 6.10. The molecule has 0 saturated heterocycles. The standard InChI is InChI=1S/C33H32NO4P/c1-33(2)23-25-20-24(22-30(36-3)31(25)38-33)21-29(32(35)37-4)34-39(26-14-8-5-9-15-26,27-16-10-6-11-17-27)28-18-12-7-13-19-28/h5-22H,23H2,1-4H3. The predicted molar refractivity (Wildman–Crippen MR) is 159 cm³/mol. The average molecular weight is 538 g/mol. The summed E-state index contributed by atoms with van der Waals surface area (Å²) in [5, 5.41) is 3.12. The van der Waals surface area contributed by atoms with Crippen LogP contribution in [0.3, 0.4) is 0 Å². The highest BCUT2D eigenvalue weighted by atomic mass is 31.2. The number of ether oxygens (including phenoxy) is 3. The van der Waals surface area contributed by atoms with Crippen molar-refractivity contribution in [1.82, 2.24) is 0 Å². The second kappa shape index (κ2) is 11.0. The summed E-state index contributed by atoms with van der Waals surface area (Å²) in [4.78, 5) is 13.4. The molecular weight excluding hydrogens is 505 g/mol. The zero-order chi connectivity index (χ0) is 27.5. The Hall–Kier alpha value is -4.08. The van der Waals surface area contributed by atoms with Crippen LogP contribution in [0.1, 0.15) is 25.0 Å². The molecule has 0 atom stereocenters. The molecule has 0 radical (unpaired) electrons. The van der Waals surface area contributed by atoms with Gasteiger partial charge >= 0.3 is 5.97 Å². The van der Waals surface area contributed by atoms with Crippen LogP contribution in [0, 0.1) is 0 Å². The first-order chi connectivity index (χ1) is 18.9. The van der Waals surface area contributed by atoms with Crippen LogP contribution in [0.5, 0.6) is 11.5 Å². The largest absolute Gasteiger partial charge is 0.493 e. The second-order valence-corrected chi connectivity index (χ2v) is 13.0. The summed E-state index contributed by atoms with van der Waals surface area (Å²) >= 11 is 0. The maximum Gasteiger partial charge on any atom is 0.356 e. The monoisotopic (exact) mass is 537 g/mol. The van der Waals surface area contributed by atoms with Crippen LogP contribution in [0.2, 0.25) is 0 Å². The van der Waals surface area contributed by atoms with Gasteiger partial charge in [-0.05, 0) is 37.6 Å². The Morgan fingerprint density at radius 2 is 1.36 bits per heavy atom. The fourth-order valence-corrected chi connectivity index (χ4v) is 8.56. The lowest BCUT2D eigenvalue weighted by Gasteiger charge is -2.27. The van der Waals surface area contributed by atoms with E-state index >= 15 is 0 Å². The fraction of sp³-hybridized carbons (Fsp3) is 0.182. The number of carbonyl (C=O) groups excluding carboxylic acids is 1. The van der Waals surface area contributed by atoms with Gasteiger partial charge in [0.2, 0.25) is 0 Å². The van der Waals surface area contributed by atoms with Crippen molar-refractivity contribution in [3.63, 3.8) is 0 Å². The molecule has 39 heavy (non-hydrogen) atoms. The van der Waals surface area contributed by atoms with E-state index < -0.39 is 13.0 Å². The van der Waals surface area contributed by atoms with Crippen molar-refractivity contribution in [1.29, 1.82) is 0 Å². The lowest BCUT2D eigenvalue weighted by molar-refractivity contribution is -0.136. The van der Waals surface area contributed by atoms with E-state index in [1.165, 1.54) is 7.11 Å². The van der Waals surface area contributed by atoms with Gasteiger partial charge in [0.05, 0.1) is 21.3 Å². The van der Waals surface area contributed by atoms with Crippen molar-refractivity contribution in [2.45, 2.75) is 25.9 Å². The summed E-state index contributed by atoms with van der Waals surface area (Å²) in [6.45, 7) is 4.10. The minimum absolute atomic E-state index is 0.238. The molecule has 1 aliphatic rings. The van der Waals surface area contributed by atoms with E-state index in [2.05, 4.69) is 50.2 Å². The van der Waals surface area contributed by atoms with Gasteiger partial charge in [0.15, 0.2) is 11.5 Å². The molecule has 0 unspecified atom stereocenters. The fourth-order valence-electron chi connectivity index (χ4n) is 5.04. The number of fused-ring (bicyclic) bond motifs is 1. The molecule has 5 rings (SSSR count). The summed E-state index contributed by atoms with van der Waals surface area (Å²) in [6.07, 6.45) is 2.53. The van der Waals surface area contributed by atoms with Crippen molar-refractivity contribution < 1.29 is 19.0 Å². The van der Waals surface area contributed by atoms with E-state index in [-0.39, 0.29) is 11.3 Å². The maximum atomic E-state index is 13.4. The van der Waals surface area contributed by atoms with Gasteiger partial charge < -0.3 is 14.2 Å². The third kappa shape index (κ3) is 5.28. The lowest BCUT2D eigenvalue weighted by atomic mass is 9.99. The molecule has 1 aliphatic heterocycles. The minimum Gasteiger partial charge on any atom is -0.493 e. The van der Waals surface area contributed by atoms with Gasteiger partial charge in [-0.3, -0.25) is 0 Å². The van der Waals surface area contributed by atoms with E-state index in [1.54, 1.807) is 13.2 Å². The molecule has 0 saturated carbocycles. The van der Waals surface area contributed by atoms with Gasteiger partial charge in [0.1, 0.15) is 11.3 Å². The van der Waals surface area contributed by atoms with Gasteiger partial charge in [-0.25, -0.2) is 9.54 Å². The van der Waals surface area contributed by atoms with E-state index in [4.69, 9.17) is 19.0 Å². The normalized spacial score (nSPS) is 14.2. The van der Waals surface area contributed by atoms with Crippen LogP contribution >= 0.6 is 7.05 Å². The number of hydrogen-bond acceptors (Lipinski definition) is 5. The molecule has 4 aromatic carbocycles. The van der Waals surface area contributed by atoms with Crippen LogP contribution in [-0.2, 0) is 16.0 Å². The summed E-state index contributed by atoms with van der Waals surface area (Å²) in [7, 11) is 0.344. The van der Waals surface area contributed by atoms with Gasteiger partial charge in [0, 0.05) is 27.9 Å². The minimum atomic E-state index is -2.67. The molecule has 0 aromatic heterocycles. The molecule has 0 spiro atoms. The molecule has 198 valence electrons. The molecule has 0 fully saturated rings. The third-order valence-electron chi connectivity index (χ3n) is 6.71. The summed E-state index contributed by atoms with van der Waals surface area (Å²) in [5.74, 6) is 0.873. The molecule has 0 bridgehead atoms. The number of benzene rings is 4. The number of rotatable bonds is 7. The van der Waals surface area contributed by atoms with Gasteiger partial charge in [-0.1, -0.05) is 91.0 Å². The van der Waals surface area contributed by atoms with Gasteiger partial charge in [-0.2, -0.15) is 0 Å². The Morgan fingerprint density at radius 3 is 1.82 bits per heavy atom. The van der Waals surface area contributed by atoms with E-state index in [0.717, 1.165) is 39.2 Å². The highest BCUT2D eigenvalue weighted by molar-refractivity contribution is 7.87. The highest BCUT2D eigenvalue weighted by Crippen LogP contribution is 2.48. The number of carbonyl (C=O) groups is 1. The Labute approximate surface area is 230 Å². The molecule has 6 heteroatoms. The first-order valence-corrected chi connectivity index (χ1v) is 14.6. The molecular formula is C33H32NO4P. The van der Waals surface area contributed by atoms with Crippen LogP contribution in [0.25, 0.3) is 6.08 Å². The number of methoxy groups -OCH3 is 2. The second-order valence-electron chi connectivity index (χ2n) is 10.0. The molecule has 0 N–H and O–H groups in total. The van der Waals surface area contributed by atoms with Crippen LogP contribution in [-0.4, -0.2) is 25.8 Å². The Bertz CT molecular complexity index is 1460. The molecule has 4 aromatic rings. The SMILES string of the molecule is COC(=O)C(=Cc1cc2c(c(OC)c1)OC(C)(C)C2)N=P(c1ccccc1)(c1ccccc1)c1ccccc1. The smallest absolute Gasteiger partial charge is 0.356 e. The van der Waals surface area contributed by atoms with Gasteiger partial charge in [-0.15, -0.1) is 0 Å². The van der Waals surface area contributed by atoms with Crippen molar-refractivity contribution in [3.8, 4) is 11.5 Å². The first kappa shape index (κ1) is 26.5. The zero-order valence-electron chi connectivity index (χ0n) is 22.6. The van der Waals surface area contributed by atoms with Crippen molar-refractivity contribution in [2.75, 3.05) is 14.2 Å². The Morgan fingerprint density at radius 1 is 0.846 bits per heavy atom. The van der Waals surface area contributed by atoms with E-state index in [9.17, 15) is 4.79 Å². The zero-order valence-corrected chi connectivity index (χ0v) is 23.5. The van der Waals surface area contributed by atoms with E-state index in [1.807, 2.05) is 66.7 Å². The van der Waals surface area contributed by atoms with Crippen LogP contribution in [0.15, 0.2) is 114 Å². The molecule has 5 nitrogen and oxygen atoms in total. The van der Waals surface area contributed by atoms with Crippen LogP contribution in [0.4, 0.5) is 0 Å². The quantitative estimate of drug-likeness (QED) is 0.162.